The maximum atomic E-state index is 12.6. The highest BCUT2D eigenvalue weighted by molar-refractivity contribution is 7.13. The Labute approximate surface area is 128 Å². The predicted molar refractivity (Wildman–Crippen MR) is 82.5 cm³/mol. The van der Waals surface area contributed by atoms with Crippen molar-refractivity contribution in [2.75, 3.05) is 6.54 Å². The van der Waals surface area contributed by atoms with Gasteiger partial charge in [-0.15, -0.1) is 11.3 Å². The first-order valence-corrected chi connectivity index (χ1v) is 8.23. The van der Waals surface area contributed by atoms with E-state index in [-0.39, 0.29) is 11.9 Å². The first-order chi connectivity index (χ1) is 10.2. The van der Waals surface area contributed by atoms with Gasteiger partial charge in [0.15, 0.2) is 0 Å². The van der Waals surface area contributed by atoms with Gasteiger partial charge < -0.3 is 4.90 Å². The van der Waals surface area contributed by atoms with Crippen LogP contribution < -0.4 is 0 Å². The molecule has 0 saturated carbocycles. The van der Waals surface area contributed by atoms with E-state index in [4.69, 9.17) is 0 Å². The maximum Gasteiger partial charge on any atom is 0.265 e. The lowest BCUT2D eigenvalue weighted by atomic mass is 10.2. The first kappa shape index (κ1) is 14.3. The number of carbonyl (C=O) groups excluding carboxylic acids is 1. The average molecular weight is 304 g/mol. The summed E-state index contributed by atoms with van der Waals surface area (Å²) in [5.74, 6) is 0.124. The van der Waals surface area contributed by atoms with Gasteiger partial charge in [-0.3, -0.25) is 9.48 Å². The molecule has 0 N–H and O–H groups in total. The molecule has 1 fully saturated rings. The molecule has 0 aliphatic carbocycles. The molecule has 1 saturated heterocycles. The minimum Gasteiger partial charge on any atom is -0.333 e. The van der Waals surface area contributed by atoms with E-state index < -0.39 is 0 Å². The molecule has 0 aromatic carbocycles. The van der Waals surface area contributed by atoms with Crippen LogP contribution in [-0.4, -0.2) is 38.2 Å². The topological polar surface area (TPSA) is 51.0 Å². The lowest BCUT2D eigenvalue weighted by molar-refractivity contribution is 0.0726. The monoisotopic (exact) mass is 304 g/mol. The quantitative estimate of drug-likeness (QED) is 0.872. The molecule has 1 aliphatic heterocycles. The van der Waals surface area contributed by atoms with Crippen molar-refractivity contribution in [1.82, 2.24) is 19.7 Å². The van der Waals surface area contributed by atoms with Gasteiger partial charge >= 0.3 is 0 Å². The predicted octanol–water partition coefficient (Wildman–Crippen LogP) is 2.52. The van der Waals surface area contributed by atoms with E-state index in [1.54, 1.807) is 6.20 Å². The fourth-order valence-electron chi connectivity index (χ4n) is 2.79. The van der Waals surface area contributed by atoms with Crippen LogP contribution in [0.3, 0.4) is 0 Å². The van der Waals surface area contributed by atoms with Gasteiger partial charge in [0.25, 0.3) is 5.91 Å². The normalized spacial score (nSPS) is 18.4. The van der Waals surface area contributed by atoms with Crippen LogP contribution in [0.4, 0.5) is 0 Å². The highest BCUT2D eigenvalue weighted by Gasteiger charge is 2.30. The molecule has 2 aromatic rings. The molecule has 1 aliphatic rings. The van der Waals surface area contributed by atoms with Crippen molar-refractivity contribution < 1.29 is 4.79 Å². The smallest absolute Gasteiger partial charge is 0.265 e. The third-order valence-corrected chi connectivity index (χ3v) is 4.99. The van der Waals surface area contributed by atoms with Crippen LogP contribution in [0.1, 0.15) is 40.0 Å². The summed E-state index contributed by atoms with van der Waals surface area (Å²) in [6.45, 7) is 5.71. The van der Waals surface area contributed by atoms with Gasteiger partial charge in [0.2, 0.25) is 0 Å². The lowest BCUT2D eigenvalue weighted by Gasteiger charge is -2.24. The van der Waals surface area contributed by atoms with Gasteiger partial charge in [-0.25, -0.2) is 4.98 Å². The van der Waals surface area contributed by atoms with E-state index in [2.05, 4.69) is 17.0 Å². The Balaban J connectivity index is 1.72. The molecule has 1 amide bonds. The SMILES string of the molecule is CCc1ncc(C(=O)N2CCC[C@H]2Cn2cc(C)cn2)s1. The zero-order chi connectivity index (χ0) is 14.8. The molecule has 6 heteroatoms. The van der Waals surface area contributed by atoms with Gasteiger partial charge in [0.05, 0.1) is 30.0 Å². The van der Waals surface area contributed by atoms with E-state index in [1.807, 2.05) is 28.9 Å². The van der Waals surface area contributed by atoms with Gasteiger partial charge in [-0.05, 0) is 31.7 Å². The van der Waals surface area contributed by atoms with Crippen molar-refractivity contribution in [3.8, 4) is 0 Å². The number of rotatable bonds is 4. The van der Waals surface area contributed by atoms with Crippen LogP contribution in [0.2, 0.25) is 0 Å². The van der Waals surface area contributed by atoms with E-state index in [9.17, 15) is 4.79 Å². The summed E-state index contributed by atoms with van der Waals surface area (Å²) < 4.78 is 1.94. The van der Waals surface area contributed by atoms with Crippen LogP contribution in [0.25, 0.3) is 0 Å². The molecule has 3 rings (SSSR count). The largest absolute Gasteiger partial charge is 0.333 e. The highest BCUT2D eigenvalue weighted by Crippen LogP contribution is 2.24. The Bertz CT molecular complexity index is 633. The van der Waals surface area contributed by atoms with Crippen molar-refractivity contribution >= 4 is 17.2 Å². The third-order valence-electron chi connectivity index (χ3n) is 3.86. The van der Waals surface area contributed by atoms with Crippen LogP contribution in [0.15, 0.2) is 18.6 Å². The van der Waals surface area contributed by atoms with Crippen LogP contribution in [0.5, 0.6) is 0 Å². The summed E-state index contributed by atoms with van der Waals surface area (Å²) in [5.41, 5.74) is 1.15. The number of thiazole rings is 1. The van der Waals surface area contributed by atoms with Gasteiger partial charge in [0.1, 0.15) is 4.88 Å². The number of aromatic nitrogens is 3. The summed E-state index contributed by atoms with van der Waals surface area (Å²) >= 11 is 1.52. The van der Waals surface area contributed by atoms with E-state index in [0.717, 1.165) is 47.8 Å². The van der Waals surface area contributed by atoms with Crippen molar-refractivity contribution in [1.29, 1.82) is 0 Å². The third kappa shape index (κ3) is 3.00. The van der Waals surface area contributed by atoms with Crippen molar-refractivity contribution in [3.05, 3.63) is 34.0 Å². The molecule has 1 atom stereocenters. The molecule has 0 radical (unpaired) electrons. The van der Waals surface area contributed by atoms with Crippen LogP contribution in [0, 0.1) is 6.92 Å². The lowest BCUT2D eigenvalue weighted by Crippen LogP contribution is -2.37. The molecule has 2 aromatic heterocycles. The van der Waals surface area contributed by atoms with Crippen molar-refractivity contribution in [2.45, 2.75) is 45.7 Å². The van der Waals surface area contributed by atoms with Crippen LogP contribution >= 0.6 is 11.3 Å². The Morgan fingerprint density at radius 1 is 1.48 bits per heavy atom. The van der Waals surface area contributed by atoms with E-state index >= 15 is 0 Å². The zero-order valence-electron chi connectivity index (χ0n) is 12.5. The second-order valence-electron chi connectivity index (χ2n) is 5.51. The molecule has 0 spiro atoms. The first-order valence-electron chi connectivity index (χ1n) is 7.42. The van der Waals surface area contributed by atoms with Crippen molar-refractivity contribution in [3.63, 3.8) is 0 Å². The van der Waals surface area contributed by atoms with E-state index in [1.165, 1.54) is 11.3 Å². The zero-order valence-corrected chi connectivity index (χ0v) is 13.3. The minimum absolute atomic E-state index is 0.124. The molecule has 0 unspecified atom stereocenters. The highest BCUT2D eigenvalue weighted by atomic mass is 32.1. The number of amides is 1. The summed E-state index contributed by atoms with van der Waals surface area (Å²) in [4.78, 5) is 19.7. The summed E-state index contributed by atoms with van der Waals surface area (Å²) in [6.07, 6.45) is 8.61. The number of aryl methyl sites for hydroxylation is 2. The maximum absolute atomic E-state index is 12.6. The molecular weight excluding hydrogens is 284 g/mol. The minimum atomic E-state index is 0.124. The van der Waals surface area contributed by atoms with E-state index in [0.29, 0.717) is 0 Å². The second-order valence-corrected chi connectivity index (χ2v) is 6.62. The molecule has 5 nitrogen and oxygen atoms in total. The molecule has 0 bridgehead atoms. The summed E-state index contributed by atoms with van der Waals surface area (Å²) in [5, 5.41) is 5.36. The Morgan fingerprint density at radius 3 is 3.00 bits per heavy atom. The number of hydrogen-bond donors (Lipinski definition) is 0. The summed E-state index contributed by atoms with van der Waals surface area (Å²) in [7, 11) is 0. The van der Waals surface area contributed by atoms with Gasteiger partial charge in [-0.1, -0.05) is 6.92 Å². The van der Waals surface area contributed by atoms with Crippen molar-refractivity contribution in [2.24, 2.45) is 0 Å². The van der Waals surface area contributed by atoms with Crippen LogP contribution in [-0.2, 0) is 13.0 Å². The number of nitrogens with zero attached hydrogens (tertiary/aromatic N) is 4. The molecule has 21 heavy (non-hydrogen) atoms. The molecule has 3 heterocycles. The Kier molecular flexibility index (Phi) is 4.05. The number of likely N-dealkylation sites (tertiary alicyclic amines) is 1. The fraction of sp³-hybridized carbons (Fsp3) is 0.533. The number of carbonyl (C=O) groups is 1. The second kappa shape index (κ2) is 5.97. The summed E-state index contributed by atoms with van der Waals surface area (Å²) in [6, 6.07) is 0.240. The van der Waals surface area contributed by atoms with Gasteiger partial charge in [-0.2, -0.15) is 5.10 Å². The average Bonchev–Trinajstić information content (AvgIpc) is 3.19. The number of hydrogen-bond acceptors (Lipinski definition) is 4. The Morgan fingerprint density at radius 2 is 2.33 bits per heavy atom. The Hall–Kier alpha value is -1.69. The van der Waals surface area contributed by atoms with Gasteiger partial charge in [0, 0.05) is 12.7 Å². The standard InChI is InChI=1S/C15H20N4OS/c1-3-14-16-8-13(21-14)15(20)19-6-4-5-12(19)10-18-9-11(2)7-17-18/h7-9,12H,3-6,10H2,1-2H3/t12-/m0/s1. The molecular formula is C15H20N4OS. The molecule has 112 valence electrons. The fourth-order valence-corrected chi connectivity index (χ4v) is 3.60.